The van der Waals surface area contributed by atoms with Crippen LogP contribution in [0.25, 0.3) is 11.3 Å². The molecule has 1 amide bonds. The second-order valence-corrected chi connectivity index (χ2v) is 10.1. The van der Waals surface area contributed by atoms with Gasteiger partial charge in [0.15, 0.2) is 0 Å². The average molecular weight is 542 g/mol. The molecule has 8 heteroatoms. The first-order chi connectivity index (χ1) is 19.4. The van der Waals surface area contributed by atoms with Gasteiger partial charge in [-0.05, 0) is 67.6 Å². The van der Waals surface area contributed by atoms with E-state index in [-0.39, 0.29) is 8.76 Å². The van der Waals surface area contributed by atoms with Crippen molar-refractivity contribution in [1.29, 1.82) is 0 Å². The summed E-state index contributed by atoms with van der Waals surface area (Å²) in [5, 5.41) is 6.29. The molecule has 1 aliphatic rings. The van der Waals surface area contributed by atoms with E-state index in [1.54, 1.807) is 18.6 Å². The zero-order valence-corrected chi connectivity index (χ0v) is 23.9. The highest BCUT2D eigenvalue weighted by molar-refractivity contribution is 6.04. The number of carbonyl (C=O) groups is 1. The van der Waals surface area contributed by atoms with Crippen molar-refractivity contribution < 1.29 is 7.65 Å². The van der Waals surface area contributed by atoms with Gasteiger partial charge in [0.1, 0.15) is 0 Å². The summed E-state index contributed by atoms with van der Waals surface area (Å²) < 4.78 is 0. The van der Waals surface area contributed by atoms with Crippen molar-refractivity contribution in [2.24, 2.45) is 0 Å². The number of benzene rings is 2. The van der Waals surface area contributed by atoms with Crippen LogP contribution in [0.3, 0.4) is 0 Å². The number of nitrogens with zero attached hydrogens (tertiary/aromatic N) is 5. The highest BCUT2D eigenvalue weighted by atomic mass is 16.1. The number of hydrogen-bond acceptors (Lipinski definition) is 7. The van der Waals surface area contributed by atoms with Crippen LogP contribution in [0.2, 0.25) is 0 Å². The Kier molecular flexibility index (Phi) is 10.3. The van der Waals surface area contributed by atoms with Crippen molar-refractivity contribution in [3.05, 3.63) is 95.9 Å². The Bertz CT molecular complexity index is 1380. The summed E-state index contributed by atoms with van der Waals surface area (Å²) in [6.07, 6.45) is 6.47. The Labute approximate surface area is 240 Å². The molecular formula is C32H43N7O. The largest absolute Gasteiger partial charge is 0.324 e. The van der Waals surface area contributed by atoms with Gasteiger partial charge in [-0.1, -0.05) is 38.5 Å². The van der Waals surface area contributed by atoms with Crippen molar-refractivity contribution in [3.63, 3.8) is 0 Å². The zero-order chi connectivity index (χ0) is 28.3. The first kappa shape index (κ1) is 28.9. The highest BCUT2D eigenvalue weighted by Crippen LogP contribution is 2.24. The van der Waals surface area contributed by atoms with Crippen LogP contribution < -0.4 is 10.6 Å². The molecule has 2 aromatic heterocycles. The SMILES string of the molecule is CCC.Cc1ccc(NC(=O)c2ccc(CN3CCN(C)CC3)cc2)cc1Nc1nccc(-c2cccnc2)n1.[HH].[HH]. The predicted octanol–water partition coefficient (Wildman–Crippen LogP) is 6.50. The minimum absolute atomic E-state index is 0. The van der Waals surface area contributed by atoms with E-state index >= 15 is 0 Å². The van der Waals surface area contributed by atoms with Gasteiger partial charge >= 0.3 is 0 Å². The standard InChI is InChI=1S/C29H31N7O.C3H8.2H2/c1-21-5-10-25(18-27(21)34-29-31-13-11-26(33-29)24-4-3-12-30-19-24)32-28(37)23-8-6-22(7-9-23)20-36-16-14-35(2)15-17-36;1-3-2;;/h3-13,18-19H,14-17,20H2,1-2H3,(H,32,37)(H,31,33,34);3H2,1-2H3;2*1H. The molecular weight excluding hydrogens is 498 g/mol. The fourth-order valence-corrected chi connectivity index (χ4v) is 4.28. The molecule has 0 radical (unpaired) electrons. The summed E-state index contributed by atoms with van der Waals surface area (Å²) in [4.78, 5) is 30.9. The first-order valence-corrected chi connectivity index (χ1v) is 13.9. The van der Waals surface area contributed by atoms with Gasteiger partial charge in [0.25, 0.3) is 5.91 Å². The van der Waals surface area contributed by atoms with Gasteiger partial charge in [-0.15, -0.1) is 0 Å². The van der Waals surface area contributed by atoms with E-state index in [1.165, 1.54) is 12.0 Å². The number of piperazine rings is 1. The Morgan fingerprint density at radius 2 is 1.73 bits per heavy atom. The van der Waals surface area contributed by atoms with E-state index < -0.39 is 0 Å². The molecule has 0 bridgehead atoms. The number of likely N-dealkylation sites (N-methyl/N-ethyl adjacent to an activating group) is 1. The van der Waals surface area contributed by atoms with Gasteiger partial charge in [0, 0.05) is 76.7 Å². The normalized spacial score (nSPS) is 13.7. The maximum Gasteiger partial charge on any atom is 0.255 e. The van der Waals surface area contributed by atoms with Gasteiger partial charge in [-0.2, -0.15) is 0 Å². The third-order valence-electron chi connectivity index (χ3n) is 6.57. The Morgan fingerprint density at radius 3 is 2.42 bits per heavy atom. The number of amides is 1. The second-order valence-electron chi connectivity index (χ2n) is 10.1. The molecule has 5 rings (SSSR count). The van der Waals surface area contributed by atoms with Crippen molar-refractivity contribution in [2.45, 2.75) is 33.7 Å². The van der Waals surface area contributed by atoms with Crippen molar-refractivity contribution in [3.8, 4) is 11.3 Å². The van der Waals surface area contributed by atoms with Crippen LogP contribution in [0.5, 0.6) is 0 Å². The second kappa shape index (κ2) is 14.3. The Morgan fingerprint density at radius 1 is 0.975 bits per heavy atom. The molecule has 1 saturated heterocycles. The minimum Gasteiger partial charge on any atom is -0.324 e. The summed E-state index contributed by atoms with van der Waals surface area (Å²) in [5.74, 6) is 0.333. The molecule has 0 atom stereocenters. The van der Waals surface area contributed by atoms with E-state index in [0.717, 1.165) is 55.2 Å². The van der Waals surface area contributed by atoms with Gasteiger partial charge in [0.05, 0.1) is 5.69 Å². The molecule has 0 saturated carbocycles. The van der Waals surface area contributed by atoms with E-state index in [1.807, 2.05) is 67.6 Å². The Hall–Kier alpha value is -4.14. The number of nitrogens with one attached hydrogen (secondary N) is 2. The number of hydrogen-bond donors (Lipinski definition) is 2. The van der Waals surface area contributed by atoms with E-state index in [4.69, 9.17) is 0 Å². The number of anilines is 3. The minimum atomic E-state index is -0.143. The molecule has 212 valence electrons. The van der Waals surface area contributed by atoms with Crippen LogP contribution in [-0.4, -0.2) is 63.9 Å². The molecule has 8 nitrogen and oxygen atoms in total. The van der Waals surface area contributed by atoms with E-state index in [2.05, 4.69) is 56.3 Å². The van der Waals surface area contributed by atoms with Crippen LogP contribution in [0, 0.1) is 6.92 Å². The van der Waals surface area contributed by atoms with Gasteiger partial charge in [0.2, 0.25) is 5.95 Å². The monoisotopic (exact) mass is 541 g/mol. The number of aromatic nitrogens is 3. The molecule has 4 aromatic rings. The summed E-state index contributed by atoms with van der Waals surface area (Å²) in [5.41, 5.74) is 6.08. The zero-order valence-electron chi connectivity index (χ0n) is 23.9. The van der Waals surface area contributed by atoms with Gasteiger partial charge in [-0.3, -0.25) is 14.7 Å². The lowest BCUT2D eigenvalue weighted by Crippen LogP contribution is -2.43. The number of aryl methyl sites for hydroxylation is 1. The predicted molar refractivity (Wildman–Crippen MR) is 167 cm³/mol. The molecule has 2 aromatic carbocycles. The maximum atomic E-state index is 12.9. The van der Waals surface area contributed by atoms with Crippen LogP contribution in [-0.2, 0) is 6.54 Å². The summed E-state index contributed by atoms with van der Waals surface area (Å²) in [6.45, 7) is 11.5. The molecule has 0 spiro atoms. The molecule has 0 aliphatic carbocycles. The Balaban J connectivity index is 0.00000118. The lowest BCUT2D eigenvalue weighted by Gasteiger charge is -2.32. The van der Waals surface area contributed by atoms with Crippen molar-refractivity contribution in [2.75, 3.05) is 43.9 Å². The topological polar surface area (TPSA) is 86.3 Å². The van der Waals surface area contributed by atoms with Crippen LogP contribution in [0.15, 0.2) is 79.3 Å². The molecule has 0 unspecified atom stereocenters. The van der Waals surface area contributed by atoms with Gasteiger partial charge < -0.3 is 15.5 Å². The van der Waals surface area contributed by atoms with Crippen LogP contribution in [0.1, 0.15) is 44.6 Å². The lowest BCUT2D eigenvalue weighted by molar-refractivity contribution is 0.102. The molecule has 2 N–H and O–H groups in total. The lowest BCUT2D eigenvalue weighted by atomic mass is 10.1. The summed E-state index contributed by atoms with van der Waals surface area (Å²) in [6, 6.07) is 19.3. The third-order valence-corrected chi connectivity index (χ3v) is 6.57. The smallest absolute Gasteiger partial charge is 0.255 e. The fourth-order valence-electron chi connectivity index (χ4n) is 4.28. The maximum absolute atomic E-state index is 12.9. The molecule has 3 heterocycles. The van der Waals surface area contributed by atoms with Crippen LogP contribution >= 0.6 is 0 Å². The highest BCUT2D eigenvalue weighted by Gasteiger charge is 2.14. The van der Waals surface area contributed by atoms with Crippen LogP contribution in [0.4, 0.5) is 17.3 Å². The van der Waals surface area contributed by atoms with E-state index in [0.29, 0.717) is 17.2 Å². The molecule has 1 aliphatic heterocycles. The fraction of sp³-hybridized carbons (Fsp3) is 0.312. The number of rotatable bonds is 7. The number of pyridine rings is 1. The van der Waals surface area contributed by atoms with Gasteiger partial charge in [-0.25, -0.2) is 9.97 Å². The molecule has 40 heavy (non-hydrogen) atoms. The van der Waals surface area contributed by atoms with Crippen molar-refractivity contribution in [1.82, 2.24) is 24.8 Å². The third kappa shape index (κ3) is 8.18. The number of carbonyl (C=O) groups excluding carboxylic acids is 1. The average Bonchev–Trinajstić information content (AvgIpc) is 2.97. The van der Waals surface area contributed by atoms with E-state index in [9.17, 15) is 4.79 Å². The molecule has 1 fully saturated rings. The summed E-state index contributed by atoms with van der Waals surface area (Å²) in [7, 11) is 2.16. The van der Waals surface area contributed by atoms with Crippen molar-refractivity contribution >= 4 is 23.2 Å². The quantitative estimate of drug-likeness (QED) is 0.276. The first-order valence-electron chi connectivity index (χ1n) is 13.9. The summed E-state index contributed by atoms with van der Waals surface area (Å²) >= 11 is 0.